The summed E-state index contributed by atoms with van der Waals surface area (Å²) in [6.45, 7) is 6.69. The molecule has 1 aromatic carbocycles. The fourth-order valence-corrected chi connectivity index (χ4v) is 1.84. The van der Waals surface area contributed by atoms with Crippen LogP contribution in [0.25, 0.3) is 0 Å². The maximum Gasteiger partial charge on any atom is 0.295 e. The van der Waals surface area contributed by atoms with Gasteiger partial charge in [0.2, 0.25) is 0 Å². The molecule has 5 heteroatoms. The second-order valence-corrected chi connectivity index (χ2v) is 6.91. The third-order valence-corrected chi connectivity index (χ3v) is 3.27. The molecule has 0 fully saturated rings. The molecule has 0 bridgehead atoms. The molecule has 0 amide bonds. The molecule has 0 aliphatic carbocycles. The molecule has 0 radical (unpaired) electrons. The normalized spacial score (nSPS) is 13.7. The molecule has 0 aliphatic heterocycles. The van der Waals surface area contributed by atoms with Crippen molar-refractivity contribution in [1.29, 1.82) is 0 Å². The van der Waals surface area contributed by atoms with Gasteiger partial charge in [0.05, 0.1) is 5.71 Å². The van der Waals surface area contributed by atoms with E-state index in [0.29, 0.717) is 11.3 Å². The van der Waals surface area contributed by atoms with Crippen molar-refractivity contribution < 1.29 is 13.9 Å². The van der Waals surface area contributed by atoms with Gasteiger partial charge in [0.25, 0.3) is 5.92 Å². The minimum atomic E-state index is -3.21. The number of benzene rings is 1. The SMILES string of the molecule is C/C(=N\SC(C)(C)C)c1cccc(C(F)(F)CO)c1. The molecule has 0 aliphatic rings. The Morgan fingerprint density at radius 3 is 2.47 bits per heavy atom. The number of alkyl halides is 2. The van der Waals surface area contributed by atoms with E-state index < -0.39 is 12.5 Å². The summed E-state index contributed by atoms with van der Waals surface area (Å²) in [5.41, 5.74) is 1.14. The van der Waals surface area contributed by atoms with Crippen molar-refractivity contribution in [2.75, 3.05) is 6.61 Å². The molecule has 0 saturated carbocycles. The first-order valence-corrected chi connectivity index (χ1v) is 6.75. The highest BCUT2D eigenvalue weighted by atomic mass is 32.2. The summed E-state index contributed by atoms with van der Waals surface area (Å²) >= 11 is 1.41. The molecule has 0 spiro atoms. The Morgan fingerprint density at radius 1 is 1.32 bits per heavy atom. The van der Waals surface area contributed by atoms with Gasteiger partial charge in [0.15, 0.2) is 0 Å². The number of aliphatic hydroxyl groups is 1. The fraction of sp³-hybridized carbons (Fsp3) is 0.500. The van der Waals surface area contributed by atoms with Gasteiger partial charge in [-0.1, -0.05) is 18.2 Å². The summed E-state index contributed by atoms with van der Waals surface area (Å²) in [7, 11) is 0. The first-order valence-electron chi connectivity index (χ1n) is 5.98. The van der Waals surface area contributed by atoms with Crippen LogP contribution in [0.15, 0.2) is 28.7 Å². The van der Waals surface area contributed by atoms with Crippen LogP contribution in [0.4, 0.5) is 8.78 Å². The van der Waals surface area contributed by atoms with Gasteiger partial charge >= 0.3 is 0 Å². The minimum absolute atomic E-state index is 0.0199. The number of halogens is 2. The lowest BCUT2D eigenvalue weighted by molar-refractivity contribution is -0.0556. The van der Waals surface area contributed by atoms with Crippen molar-refractivity contribution in [2.45, 2.75) is 38.4 Å². The van der Waals surface area contributed by atoms with Crippen molar-refractivity contribution in [3.05, 3.63) is 35.4 Å². The molecule has 106 valence electrons. The Morgan fingerprint density at radius 2 is 1.95 bits per heavy atom. The number of aliphatic hydroxyl groups excluding tert-OH is 1. The maximum absolute atomic E-state index is 13.4. The zero-order chi connectivity index (χ0) is 14.7. The number of rotatable bonds is 4. The Kier molecular flexibility index (Phi) is 5.10. The third kappa shape index (κ3) is 4.91. The zero-order valence-corrected chi connectivity index (χ0v) is 12.4. The van der Waals surface area contributed by atoms with Gasteiger partial charge in [-0.15, -0.1) is 0 Å². The van der Waals surface area contributed by atoms with Crippen LogP contribution in [0.5, 0.6) is 0 Å². The lowest BCUT2D eigenvalue weighted by atomic mass is 10.0. The molecular weight excluding hydrogens is 268 g/mol. The van der Waals surface area contributed by atoms with Crippen LogP contribution in [0.2, 0.25) is 0 Å². The smallest absolute Gasteiger partial charge is 0.295 e. The summed E-state index contributed by atoms with van der Waals surface area (Å²) in [5.74, 6) is -3.21. The van der Waals surface area contributed by atoms with Gasteiger partial charge in [-0.25, -0.2) is 4.40 Å². The van der Waals surface area contributed by atoms with Crippen LogP contribution >= 0.6 is 11.9 Å². The molecular formula is C14H19F2NOS. The Bertz CT molecular complexity index is 467. The van der Waals surface area contributed by atoms with Crippen molar-refractivity contribution in [3.63, 3.8) is 0 Å². The van der Waals surface area contributed by atoms with E-state index in [9.17, 15) is 8.78 Å². The van der Waals surface area contributed by atoms with E-state index in [1.165, 1.54) is 24.1 Å². The Hall–Kier alpha value is -0.940. The van der Waals surface area contributed by atoms with Crippen molar-refractivity contribution in [2.24, 2.45) is 4.40 Å². The van der Waals surface area contributed by atoms with Gasteiger partial charge in [0, 0.05) is 10.3 Å². The summed E-state index contributed by atoms with van der Waals surface area (Å²) in [5, 5.41) is 8.70. The van der Waals surface area contributed by atoms with E-state index >= 15 is 0 Å². The molecule has 1 aromatic rings. The van der Waals surface area contributed by atoms with E-state index in [4.69, 9.17) is 5.11 Å². The van der Waals surface area contributed by atoms with Gasteiger partial charge in [-0.05, 0) is 51.3 Å². The second-order valence-electron chi connectivity index (χ2n) is 5.32. The van der Waals surface area contributed by atoms with Crippen LogP contribution in [-0.4, -0.2) is 22.2 Å². The van der Waals surface area contributed by atoms with Crippen LogP contribution in [0, 0.1) is 0 Å². The van der Waals surface area contributed by atoms with Crippen molar-refractivity contribution >= 4 is 17.7 Å². The van der Waals surface area contributed by atoms with Gasteiger partial charge in [0.1, 0.15) is 6.61 Å². The molecule has 19 heavy (non-hydrogen) atoms. The lowest BCUT2D eigenvalue weighted by Gasteiger charge is -2.16. The largest absolute Gasteiger partial charge is 0.390 e. The van der Waals surface area contributed by atoms with Crippen LogP contribution < -0.4 is 0 Å². The summed E-state index contributed by atoms with van der Waals surface area (Å²) in [4.78, 5) is 0. The molecule has 0 saturated heterocycles. The molecule has 1 rings (SSSR count). The minimum Gasteiger partial charge on any atom is -0.390 e. The standard InChI is InChI=1S/C14H19F2NOS/c1-10(17-19-13(2,3)4)11-6-5-7-12(8-11)14(15,16)9-18/h5-8,18H,9H2,1-4H3/b17-10+. The number of nitrogens with zero attached hydrogens (tertiary/aromatic N) is 1. The second kappa shape index (κ2) is 6.01. The van der Waals surface area contributed by atoms with Crippen LogP contribution in [0.1, 0.15) is 38.8 Å². The van der Waals surface area contributed by atoms with E-state index in [2.05, 4.69) is 4.40 Å². The topological polar surface area (TPSA) is 32.6 Å². The number of hydrogen-bond acceptors (Lipinski definition) is 3. The molecule has 2 nitrogen and oxygen atoms in total. The van der Waals surface area contributed by atoms with E-state index in [1.807, 2.05) is 20.8 Å². The molecule has 0 unspecified atom stereocenters. The third-order valence-electron chi connectivity index (χ3n) is 2.36. The van der Waals surface area contributed by atoms with Gasteiger partial charge < -0.3 is 5.11 Å². The predicted octanol–water partition coefficient (Wildman–Crippen LogP) is 4.03. The van der Waals surface area contributed by atoms with Crippen LogP contribution in [-0.2, 0) is 5.92 Å². The highest BCUT2D eigenvalue weighted by molar-refractivity contribution is 7.99. The maximum atomic E-state index is 13.4. The summed E-state index contributed by atoms with van der Waals surface area (Å²) < 4.78 is 31.1. The summed E-state index contributed by atoms with van der Waals surface area (Å²) in [6, 6.07) is 5.97. The highest BCUT2D eigenvalue weighted by Gasteiger charge is 2.30. The summed E-state index contributed by atoms with van der Waals surface area (Å²) in [6.07, 6.45) is 0. The number of hydrogen-bond donors (Lipinski definition) is 1. The van der Waals surface area contributed by atoms with Gasteiger partial charge in [-0.2, -0.15) is 8.78 Å². The highest BCUT2D eigenvalue weighted by Crippen LogP contribution is 2.29. The first kappa shape index (κ1) is 16.1. The van der Waals surface area contributed by atoms with Crippen LogP contribution in [0.3, 0.4) is 0 Å². The first-order chi connectivity index (χ1) is 8.65. The monoisotopic (exact) mass is 287 g/mol. The molecule has 1 N–H and O–H groups in total. The Labute approximate surface area is 117 Å². The quantitative estimate of drug-likeness (QED) is 0.670. The van der Waals surface area contributed by atoms with Crippen molar-refractivity contribution in [3.8, 4) is 0 Å². The molecule has 0 heterocycles. The predicted molar refractivity (Wildman–Crippen MR) is 77.0 cm³/mol. The Balaban J connectivity index is 3.00. The van der Waals surface area contributed by atoms with E-state index in [-0.39, 0.29) is 10.3 Å². The average molecular weight is 287 g/mol. The van der Waals surface area contributed by atoms with E-state index in [0.717, 1.165) is 0 Å². The van der Waals surface area contributed by atoms with Gasteiger partial charge in [-0.3, -0.25) is 0 Å². The molecule has 0 aromatic heterocycles. The fourth-order valence-electron chi connectivity index (χ4n) is 1.32. The zero-order valence-electron chi connectivity index (χ0n) is 11.6. The molecule has 0 atom stereocenters. The van der Waals surface area contributed by atoms with Crippen molar-refractivity contribution in [1.82, 2.24) is 0 Å². The lowest BCUT2D eigenvalue weighted by Crippen LogP contribution is -2.18. The average Bonchev–Trinajstić information content (AvgIpc) is 2.35. The van der Waals surface area contributed by atoms with E-state index in [1.54, 1.807) is 19.1 Å².